The highest BCUT2D eigenvalue weighted by atomic mass is 19.1. The van der Waals surface area contributed by atoms with Crippen LogP contribution in [-0.4, -0.2) is 6.04 Å². The summed E-state index contributed by atoms with van der Waals surface area (Å²) in [7, 11) is 0. The minimum absolute atomic E-state index is 0.0785. The van der Waals surface area contributed by atoms with Crippen molar-refractivity contribution in [2.24, 2.45) is 5.84 Å². The maximum absolute atomic E-state index is 13.8. The van der Waals surface area contributed by atoms with Crippen molar-refractivity contribution < 1.29 is 8.78 Å². The molecule has 2 aromatic rings. The molecule has 2 atom stereocenters. The minimum atomic E-state index is -0.529. The molecule has 2 rings (SSSR count). The van der Waals surface area contributed by atoms with Gasteiger partial charge in [-0.15, -0.1) is 0 Å². The van der Waals surface area contributed by atoms with E-state index in [-0.39, 0.29) is 23.9 Å². The lowest BCUT2D eigenvalue weighted by molar-refractivity contribution is 0.413. The average Bonchev–Trinajstić information content (AvgIpc) is 2.51. The fourth-order valence-electron chi connectivity index (χ4n) is 2.72. The van der Waals surface area contributed by atoms with Gasteiger partial charge in [-0.1, -0.05) is 43.3 Å². The van der Waals surface area contributed by atoms with Gasteiger partial charge in [-0.05, 0) is 30.5 Å². The lowest BCUT2D eigenvalue weighted by atomic mass is 9.86. The van der Waals surface area contributed by atoms with E-state index in [0.29, 0.717) is 0 Å². The number of hydrogen-bond donors (Lipinski definition) is 2. The maximum Gasteiger partial charge on any atom is 0.129 e. The van der Waals surface area contributed by atoms with Crippen LogP contribution in [0.4, 0.5) is 8.78 Å². The smallest absolute Gasteiger partial charge is 0.129 e. The Morgan fingerprint density at radius 3 is 2.14 bits per heavy atom. The summed E-state index contributed by atoms with van der Waals surface area (Å²) in [6.45, 7) is 2.04. The van der Waals surface area contributed by atoms with Crippen LogP contribution in [0.2, 0.25) is 0 Å². The van der Waals surface area contributed by atoms with Crippen molar-refractivity contribution in [3.05, 3.63) is 71.3 Å². The van der Waals surface area contributed by atoms with Crippen LogP contribution in [0.5, 0.6) is 0 Å². The molecule has 112 valence electrons. The summed E-state index contributed by atoms with van der Waals surface area (Å²) < 4.78 is 27.6. The lowest BCUT2D eigenvalue weighted by Crippen LogP contribution is -2.41. The van der Waals surface area contributed by atoms with Crippen molar-refractivity contribution >= 4 is 0 Å². The van der Waals surface area contributed by atoms with Gasteiger partial charge in [-0.3, -0.25) is 11.3 Å². The molecule has 0 heterocycles. The normalized spacial score (nSPS) is 13.9. The number of nitrogens with two attached hydrogens (primary N) is 1. The molecule has 0 saturated heterocycles. The molecule has 4 heteroatoms. The van der Waals surface area contributed by atoms with Gasteiger partial charge >= 0.3 is 0 Å². The number of hydrazine groups is 1. The third-order valence-corrected chi connectivity index (χ3v) is 3.85. The van der Waals surface area contributed by atoms with Gasteiger partial charge in [0.2, 0.25) is 0 Å². The molecule has 0 aromatic heterocycles. The molecule has 0 saturated carbocycles. The zero-order chi connectivity index (χ0) is 15.2. The largest absolute Gasteiger partial charge is 0.271 e. The third-order valence-electron chi connectivity index (χ3n) is 3.85. The fraction of sp³-hybridized carbons (Fsp3) is 0.294. The summed E-state index contributed by atoms with van der Waals surface area (Å²) in [5.41, 5.74) is 3.91. The zero-order valence-corrected chi connectivity index (χ0v) is 12.0. The quantitative estimate of drug-likeness (QED) is 0.631. The Balaban J connectivity index is 2.26. The first-order valence-electron chi connectivity index (χ1n) is 7.11. The molecular weight excluding hydrogens is 270 g/mol. The lowest BCUT2D eigenvalue weighted by Gasteiger charge is -2.26. The van der Waals surface area contributed by atoms with Gasteiger partial charge in [0.05, 0.1) is 0 Å². The number of nitrogens with one attached hydrogen (secondary N) is 1. The number of halogens is 2. The summed E-state index contributed by atoms with van der Waals surface area (Å²) in [4.78, 5) is 0. The van der Waals surface area contributed by atoms with Crippen molar-refractivity contribution in [2.45, 2.75) is 31.7 Å². The van der Waals surface area contributed by atoms with Gasteiger partial charge in [0.1, 0.15) is 11.6 Å². The molecule has 0 aliphatic carbocycles. The van der Waals surface area contributed by atoms with E-state index >= 15 is 0 Å². The average molecular weight is 290 g/mol. The molecule has 21 heavy (non-hydrogen) atoms. The van der Waals surface area contributed by atoms with Crippen molar-refractivity contribution in [3.63, 3.8) is 0 Å². The van der Waals surface area contributed by atoms with E-state index in [1.54, 1.807) is 0 Å². The molecule has 0 spiro atoms. The summed E-state index contributed by atoms with van der Waals surface area (Å²) in [6.07, 6.45) is 1.04. The molecule has 3 N–H and O–H groups in total. The summed E-state index contributed by atoms with van der Waals surface area (Å²) >= 11 is 0. The summed E-state index contributed by atoms with van der Waals surface area (Å²) in [6, 6.07) is 13.6. The Morgan fingerprint density at radius 1 is 1.00 bits per heavy atom. The van der Waals surface area contributed by atoms with Gasteiger partial charge in [0.15, 0.2) is 0 Å². The molecular formula is C17H20F2N2. The molecule has 0 fully saturated rings. The van der Waals surface area contributed by atoms with Crippen molar-refractivity contribution in [3.8, 4) is 0 Å². The van der Waals surface area contributed by atoms with Gasteiger partial charge in [0.25, 0.3) is 0 Å². The van der Waals surface area contributed by atoms with Crippen LogP contribution in [0.3, 0.4) is 0 Å². The first kappa shape index (κ1) is 15.6. The molecule has 2 aromatic carbocycles. The highest BCUT2D eigenvalue weighted by Crippen LogP contribution is 2.26. The summed E-state index contributed by atoms with van der Waals surface area (Å²) in [5.74, 6) is 4.67. The molecule has 2 unspecified atom stereocenters. The minimum Gasteiger partial charge on any atom is -0.271 e. The van der Waals surface area contributed by atoms with Crippen LogP contribution >= 0.6 is 0 Å². The number of hydrogen-bond acceptors (Lipinski definition) is 2. The Bertz CT molecular complexity index is 552. The Hall–Kier alpha value is -1.78. The number of rotatable bonds is 6. The first-order chi connectivity index (χ1) is 10.2. The standard InChI is InChI=1S/C17H20F2N2/c1-2-13(12-7-4-3-5-8-12)17(21-20)11-14-15(18)9-6-10-16(14)19/h3-10,13,17,21H,2,11,20H2,1H3. The van der Waals surface area contributed by atoms with E-state index < -0.39 is 11.6 Å². The van der Waals surface area contributed by atoms with Crippen molar-refractivity contribution in [2.75, 3.05) is 0 Å². The van der Waals surface area contributed by atoms with Crippen molar-refractivity contribution in [1.29, 1.82) is 0 Å². The summed E-state index contributed by atoms with van der Waals surface area (Å²) in [5, 5.41) is 0. The van der Waals surface area contributed by atoms with Gasteiger partial charge < -0.3 is 0 Å². The van der Waals surface area contributed by atoms with Crippen LogP contribution in [-0.2, 0) is 6.42 Å². The Kier molecular flexibility index (Phi) is 5.42. The van der Waals surface area contributed by atoms with Gasteiger partial charge in [-0.2, -0.15) is 0 Å². The monoisotopic (exact) mass is 290 g/mol. The van der Waals surface area contributed by atoms with E-state index in [4.69, 9.17) is 5.84 Å². The Morgan fingerprint density at radius 2 is 1.62 bits per heavy atom. The van der Waals surface area contributed by atoms with Crippen LogP contribution in [0.15, 0.2) is 48.5 Å². The highest BCUT2D eigenvalue weighted by Gasteiger charge is 2.23. The van der Waals surface area contributed by atoms with Gasteiger partial charge in [0, 0.05) is 17.5 Å². The van der Waals surface area contributed by atoms with Gasteiger partial charge in [-0.25, -0.2) is 8.78 Å². The zero-order valence-electron chi connectivity index (χ0n) is 12.0. The molecule has 0 amide bonds. The van der Waals surface area contributed by atoms with E-state index in [1.807, 2.05) is 37.3 Å². The second-order valence-corrected chi connectivity index (χ2v) is 5.10. The van der Waals surface area contributed by atoms with E-state index in [2.05, 4.69) is 5.43 Å². The first-order valence-corrected chi connectivity index (χ1v) is 7.11. The van der Waals surface area contributed by atoms with Crippen molar-refractivity contribution in [1.82, 2.24) is 5.43 Å². The van der Waals surface area contributed by atoms with E-state index in [0.717, 1.165) is 12.0 Å². The van der Waals surface area contributed by atoms with Crippen LogP contribution < -0.4 is 11.3 Å². The van der Waals surface area contributed by atoms with Crippen LogP contribution in [0.25, 0.3) is 0 Å². The topological polar surface area (TPSA) is 38.0 Å². The molecule has 0 aliphatic rings. The van der Waals surface area contributed by atoms with Crippen LogP contribution in [0.1, 0.15) is 30.4 Å². The molecule has 0 aliphatic heterocycles. The molecule has 0 bridgehead atoms. The Labute approximate surface area is 124 Å². The SMILES string of the molecule is CCC(c1ccccc1)C(Cc1c(F)cccc1F)NN. The highest BCUT2D eigenvalue weighted by molar-refractivity contribution is 5.25. The van der Waals surface area contributed by atoms with E-state index in [1.165, 1.54) is 18.2 Å². The second kappa shape index (κ2) is 7.29. The fourth-order valence-corrected chi connectivity index (χ4v) is 2.72. The van der Waals surface area contributed by atoms with E-state index in [9.17, 15) is 8.78 Å². The van der Waals surface area contributed by atoms with Crippen LogP contribution in [0, 0.1) is 11.6 Å². The predicted molar refractivity (Wildman–Crippen MR) is 80.6 cm³/mol. The maximum atomic E-state index is 13.8. The predicted octanol–water partition coefficient (Wildman–Crippen LogP) is 3.53. The molecule has 2 nitrogen and oxygen atoms in total. The third kappa shape index (κ3) is 3.65. The number of benzene rings is 2. The second-order valence-electron chi connectivity index (χ2n) is 5.10. The molecule has 0 radical (unpaired) electrons.